The van der Waals surface area contributed by atoms with Gasteiger partial charge in [0, 0.05) is 19.5 Å². The van der Waals surface area contributed by atoms with E-state index in [4.69, 9.17) is 0 Å². The summed E-state index contributed by atoms with van der Waals surface area (Å²) in [6.07, 6.45) is 0. The molecule has 0 aromatic heterocycles. The van der Waals surface area contributed by atoms with Gasteiger partial charge in [0.05, 0.1) is 0 Å². The maximum absolute atomic E-state index is 3.82. The summed E-state index contributed by atoms with van der Waals surface area (Å²) in [6, 6.07) is 0. The summed E-state index contributed by atoms with van der Waals surface area (Å²) in [5.41, 5.74) is 0. The summed E-state index contributed by atoms with van der Waals surface area (Å²) < 4.78 is 0. The van der Waals surface area contributed by atoms with E-state index in [0.717, 1.165) is 5.82 Å². The van der Waals surface area contributed by atoms with Gasteiger partial charge in [0.15, 0.2) is 0 Å². The Bertz CT molecular complexity index is 70.8. The molecule has 0 aliphatic heterocycles. The fraction of sp³-hybridized carbons (Fsp3) is 0.600. The molecule has 1 radical (unpaired) electrons. The molecule has 0 amide bonds. The van der Waals surface area contributed by atoms with Crippen LogP contribution in [0.3, 0.4) is 0 Å². The Kier molecular flexibility index (Phi) is 6.93. The average molecular weight is 202 g/mol. The molecule has 0 aromatic carbocycles. The van der Waals surface area contributed by atoms with Crippen molar-refractivity contribution in [1.82, 2.24) is 4.90 Å². The van der Waals surface area contributed by atoms with Crippen LogP contribution >= 0.6 is 0 Å². The monoisotopic (exact) mass is 202 g/mol. The van der Waals surface area contributed by atoms with Crippen molar-refractivity contribution < 1.29 is 19.5 Å². The third kappa shape index (κ3) is 4.13. The van der Waals surface area contributed by atoms with E-state index in [1.807, 2.05) is 19.0 Å². The average Bonchev–Trinajstić information content (AvgIpc) is 1.65. The topological polar surface area (TPSA) is 17.3 Å². The first-order valence-corrected chi connectivity index (χ1v) is 2.14. The summed E-state index contributed by atoms with van der Waals surface area (Å²) >= 11 is 0. The van der Waals surface area contributed by atoms with Crippen LogP contribution in [0.15, 0.2) is 12.4 Å². The van der Waals surface area contributed by atoms with Crippen LogP contribution in [-0.2, 0) is 19.5 Å². The predicted molar refractivity (Wildman–Crippen MR) is 32.1 cm³/mol. The molecule has 0 saturated carbocycles. The summed E-state index contributed by atoms with van der Waals surface area (Å²) in [5, 5.41) is 3.82. The molecule has 0 rings (SSSR count). The first-order chi connectivity index (χ1) is 3.18. The zero-order valence-corrected chi connectivity index (χ0v) is 7.07. The van der Waals surface area contributed by atoms with E-state index >= 15 is 0 Å². The predicted octanol–water partition coefficient (Wildman–Crippen LogP) is 1.02. The van der Waals surface area contributed by atoms with Gasteiger partial charge in [-0.3, -0.25) is 0 Å². The van der Waals surface area contributed by atoms with Crippen molar-refractivity contribution >= 4 is 0 Å². The summed E-state index contributed by atoms with van der Waals surface area (Å²) in [6.45, 7) is 3.63. The minimum absolute atomic E-state index is 0. The van der Waals surface area contributed by atoms with Gasteiger partial charge in [-0.05, 0) is 0 Å². The number of hydrogen-bond acceptors (Lipinski definition) is 1. The van der Waals surface area contributed by atoms with Gasteiger partial charge >= 0.3 is 0 Å². The molecule has 0 spiro atoms. The number of hydrogen-bond donors (Lipinski definition) is 0. The van der Waals surface area contributed by atoms with E-state index in [9.17, 15) is 0 Å². The fourth-order valence-electron chi connectivity index (χ4n) is 0.200. The van der Waals surface area contributed by atoms with Crippen LogP contribution in [0.25, 0.3) is 5.32 Å². The summed E-state index contributed by atoms with van der Waals surface area (Å²) in [5.74, 6) is 0.806. The molecule has 0 aliphatic rings. The van der Waals surface area contributed by atoms with E-state index < -0.39 is 0 Å². The first kappa shape index (κ1) is 10.9. The normalized spacial score (nSPS) is 6.88. The van der Waals surface area contributed by atoms with Crippen molar-refractivity contribution in [3.63, 3.8) is 0 Å². The molecule has 0 fully saturated rings. The molecule has 3 heteroatoms. The van der Waals surface area contributed by atoms with Crippen LogP contribution in [0.5, 0.6) is 0 Å². The molecule has 0 saturated heterocycles. The Labute approximate surface area is 63.7 Å². The number of nitrogens with zero attached hydrogens (tertiary/aromatic N) is 2. The van der Waals surface area contributed by atoms with Gasteiger partial charge in [0.25, 0.3) is 0 Å². The molecule has 51 valence electrons. The molecule has 0 bridgehead atoms. The van der Waals surface area contributed by atoms with Crippen molar-refractivity contribution in [2.75, 3.05) is 21.1 Å². The zero-order chi connectivity index (χ0) is 5.86. The van der Waals surface area contributed by atoms with E-state index in [1.165, 1.54) is 0 Å². The molecular formula is C5H11N2Rh-. The van der Waals surface area contributed by atoms with Crippen molar-refractivity contribution in [1.29, 1.82) is 0 Å². The Balaban J connectivity index is 0. The molecule has 0 unspecified atom stereocenters. The Morgan fingerprint density at radius 3 is 1.88 bits per heavy atom. The molecule has 0 atom stereocenters. The Hall–Kier alpha value is -0.0366. The maximum Gasteiger partial charge on any atom is 0 e. The molecule has 0 N–H and O–H groups in total. The largest absolute Gasteiger partial charge is 0.475 e. The molecule has 2 nitrogen and oxygen atoms in total. The minimum Gasteiger partial charge on any atom is -0.475 e. The van der Waals surface area contributed by atoms with Crippen molar-refractivity contribution in [2.24, 2.45) is 0 Å². The van der Waals surface area contributed by atoms with Crippen LogP contribution in [0.1, 0.15) is 0 Å². The van der Waals surface area contributed by atoms with Crippen molar-refractivity contribution in [3.05, 3.63) is 17.7 Å². The van der Waals surface area contributed by atoms with Crippen molar-refractivity contribution in [2.45, 2.75) is 0 Å². The second kappa shape index (κ2) is 5.11. The maximum atomic E-state index is 3.82. The Morgan fingerprint density at radius 2 is 1.88 bits per heavy atom. The van der Waals surface area contributed by atoms with Crippen LogP contribution in [0.2, 0.25) is 0 Å². The van der Waals surface area contributed by atoms with Crippen LogP contribution in [-0.4, -0.2) is 26.0 Å². The molecular weight excluding hydrogens is 191 g/mol. The summed E-state index contributed by atoms with van der Waals surface area (Å²) in [4.78, 5) is 1.86. The van der Waals surface area contributed by atoms with Gasteiger partial charge in [-0.1, -0.05) is 27.0 Å². The van der Waals surface area contributed by atoms with Crippen LogP contribution < -0.4 is 0 Å². The third-order valence-electron chi connectivity index (χ3n) is 0.774. The molecule has 0 heterocycles. The minimum atomic E-state index is 0. The number of rotatable bonds is 2. The molecule has 0 aromatic rings. The second-order valence-corrected chi connectivity index (χ2v) is 1.53. The van der Waals surface area contributed by atoms with E-state index in [1.54, 1.807) is 7.05 Å². The standard InChI is InChI=1S/C5H11N2.Rh/c1-5(6-2)7(3)4;/h1H2,2-4H3;/q-1;. The van der Waals surface area contributed by atoms with Crippen LogP contribution in [0.4, 0.5) is 0 Å². The van der Waals surface area contributed by atoms with Gasteiger partial charge in [-0.2, -0.15) is 0 Å². The van der Waals surface area contributed by atoms with Crippen molar-refractivity contribution in [3.8, 4) is 0 Å². The smallest absolute Gasteiger partial charge is 0 e. The SMILES string of the molecule is C=C([N-]C)N(C)C.[Rh]. The van der Waals surface area contributed by atoms with E-state index in [-0.39, 0.29) is 19.5 Å². The molecule has 8 heavy (non-hydrogen) atoms. The van der Waals surface area contributed by atoms with Gasteiger partial charge < -0.3 is 10.2 Å². The van der Waals surface area contributed by atoms with Gasteiger partial charge in [-0.25, -0.2) is 0 Å². The van der Waals surface area contributed by atoms with Gasteiger partial charge in [0.2, 0.25) is 0 Å². The summed E-state index contributed by atoms with van der Waals surface area (Å²) in [7, 11) is 5.55. The van der Waals surface area contributed by atoms with E-state index in [2.05, 4.69) is 11.9 Å². The Morgan fingerprint density at radius 1 is 1.50 bits per heavy atom. The quantitative estimate of drug-likeness (QED) is 0.611. The zero-order valence-electron chi connectivity index (χ0n) is 5.43. The second-order valence-electron chi connectivity index (χ2n) is 1.53. The van der Waals surface area contributed by atoms with E-state index in [0.29, 0.717) is 0 Å². The van der Waals surface area contributed by atoms with Gasteiger partial charge in [-0.15, -0.1) is 6.58 Å². The third-order valence-corrected chi connectivity index (χ3v) is 0.774. The van der Waals surface area contributed by atoms with Crippen LogP contribution in [0, 0.1) is 0 Å². The molecule has 0 aliphatic carbocycles. The van der Waals surface area contributed by atoms with Gasteiger partial charge in [0.1, 0.15) is 0 Å². The fourth-order valence-corrected chi connectivity index (χ4v) is 0.200. The first-order valence-electron chi connectivity index (χ1n) is 2.14.